The van der Waals surface area contributed by atoms with Gasteiger partial charge in [-0.2, -0.15) is 0 Å². The minimum absolute atomic E-state index is 0.202. The van der Waals surface area contributed by atoms with Crippen molar-refractivity contribution in [1.29, 1.82) is 0 Å². The van der Waals surface area contributed by atoms with Crippen LogP contribution in [0.15, 0.2) is 365 Å². The summed E-state index contributed by atoms with van der Waals surface area (Å²) in [5.41, 5.74) is 11.7. The fourth-order valence-corrected chi connectivity index (χ4v) is 18.5. The number of halogens is 9. The Kier molecular flexibility index (Phi) is 18.4. The first-order valence-electron chi connectivity index (χ1n) is 39.4. The SMILES string of the molecule is COC(=O)c1ccc2c(oc3ccccc32)c1-c1cccc2c1oc1ccc(F)cc12.Fc1cccc(Br)c1.Fc1cccc(C2(c3cccc(F)c3)c3ccc4c(oc5ccccc54)c3-c3c2ccc2c3oc3ccc(F)cc32)c1.OC(c1cccc(F)c1)(c1cccc(F)c1)c1ccc2c(oc3ccccc32)c1-c1cccc2c1oc1ccc(F)cc12. The van der Waals surface area contributed by atoms with Gasteiger partial charge in [0, 0.05) is 108 Å². The number of para-hydroxylation sites is 5. The van der Waals surface area contributed by atoms with Crippen LogP contribution < -0.4 is 0 Å². The molecule has 124 heavy (non-hydrogen) atoms. The van der Waals surface area contributed by atoms with E-state index in [1.807, 2.05) is 158 Å². The third-order valence-corrected chi connectivity index (χ3v) is 23.8. The molecule has 1 aliphatic carbocycles. The summed E-state index contributed by atoms with van der Waals surface area (Å²) < 4.78 is 158. The molecule has 1 aliphatic rings. The second kappa shape index (κ2) is 29.9. The van der Waals surface area contributed by atoms with Crippen molar-refractivity contribution in [3.63, 3.8) is 0 Å². The summed E-state index contributed by atoms with van der Waals surface area (Å²) in [6.45, 7) is 0. The normalized spacial score (nSPS) is 12.4. The maximum absolute atomic E-state index is 15.0. The molecule has 9 nitrogen and oxygen atoms in total. The summed E-state index contributed by atoms with van der Waals surface area (Å²) in [7, 11) is 1.35. The number of aliphatic hydroxyl groups is 1. The summed E-state index contributed by atoms with van der Waals surface area (Å²) in [6.07, 6.45) is 0. The van der Waals surface area contributed by atoms with E-state index in [1.165, 1.54) is 116 Å². The Bertz CT molecular complexity index is 8230. The van der Waals surface area contributed by atoms with Crippen LogP contribution in [0.3, 0.4) is 0 Å². The number of furan rings is 6. The van der Waals surface area contributed by atoms with Crippen molar-refractivity contribution < 1.29 is 76.3 Å². The molecule has 1 N–H and O–H groups in total. The number of esters is 1. The number of carbonyl (C=O) groups excluding carboxylic acids is 1. The monoisotopic (exact) mass is 1710 g/mol. The molecule has 17 aromatic carbocycles. The predicted octanol–water partition coefficient (Wildman–Crippen LogP) is 29.8. The average Bonchev–Trinajstić information content (AvgIpc) is 1.51. The lowest BCUT2D eigenvalue weighted by Gasteiger charge is -2.33. The first-order chi connectivity index (χ1) is 60.4. The quantitative estimate of drug-likeness (QED) is 0.0899. The van der Waals surface area contributed by atoms with Gasteiger partial charge in [-0.05, 0) is 185 Å². The van der Waals surface area contributed by atoms with Crippen LogP contribution >= 0.6 is 15.9 Å². The molecule has 0 saturated heterocycles. The highest BCUT2D eigenvalue weighted by Crippen LogP contribution is 2.61. The summed E-state index contributed by atoms with van der Waals surface area (Å²) in [5, 5.41) is 22.3. The predicted molar refractivity (Wildman–Crippen MR) is 471 cm³/mol. The lowest BCUT2D eigenvalue weighted by Crippen LogP contribution is -2.30. The van der Waals surface area contributed by atoms with Gasteiger partial charge in [-0.25, -0.2) is 39.9 Å². The van der Waals surface area contributed by atoms with Crippen LogP contribution in [0.4, 0.5) is 35.1 Å². The molecule has 0 spiro atoms. The highest BCUT2D eigenvalue weighted by atomic mass is 79.9. The van der Waals surface area contributed by atoms with Gasteiger partial charge in [0.25, 0.3) is 0 Å². The van der Waals surface area contributed by atoms with Crippen LogP contribution in [0.5, 0.6) is 0 Å². The van der Waals surface area contributed by atoms with Gasteiger partial charge in [-0.3, -0.25) is 0 Å². The molecule has 23 aromatic rings. The number of benzene rings is 17. The molecule has 18 heteroatoms. The molecule has 0 bridgehead atoms. The van der Waals surface area contributed by atoms with Crippen molar-refractivity contribution in [2.24, 2.45) is 0 Å². The van der Waals surface area contributed by atoms with Crippen molar-refractivity contribution in [1.82, 2.24) is 0 Å². The molecule has 0 saturated carbocycles. The molecule has 600 valence electrons. The van der Waals surface area contributed by atoms with E-state index in [4.69, 9.17) is 31.2 Å². The Morgan fingerprint density at radius 1 is 0.298 bits per heavy atom. The van der Waals surface area contributed by atoms with E-state index < -0.39 is 46.1 Å². The van der Waals surface area contributed by atoms with Gasteiger partial charge in [0.05, 0.1) is 18.1 Å². The average molecular weight is 1710 g/mol. The van der Waals surface area contributed by atoms with E-state index in [2.05, 4.69) is 15.9 Å². The molecule has 0 unspecified atom stereocenters. The van der Waals surface area contributed by atoms with Gasteiger partial charge >= 0.3 is 5.97 Å². The zero-order valence-electron chi connectivity index (χ0n) is 64.9. The number of methoxy groups -OCH3 is 1. The fraction of sp³-hybridized carbons (Fsp3) is 0.0283. The van der Waals surface area contributed by atoms with Crippen LogP contribution in [0.25, 0.3) is 165 Å². The van der Waals surface area contributed by atoms with Crippen LogP contribution in [-0.4, -0.2) is 18.2 Å². The van der Waals surface area contributed by atoms with Gasteiger partial charge in [-0.15, -0.1) is 0 Å². The molecule has 0 atom stereocenters. The Hall–Kier alpha value is -15.1. The highest BCUT2D eigenvalue weighted by Gasteiger charge is 2.50. The molecule has 0 aliphatic heterocycles. The van der Waals surface area contributed by atoms with Gasteiger partial charge < -0.3 is 36.3 Å². The van der Waals surface area contributed by atoms with Crippen LogP contribution in [0.2, 0.25) is 0 Å². The summed E-state index contributed by atoms with van der Waals surface area (Å²) in [4.78, 5) is 12.7. The third kappa shape index (κ3) is 12.4. The summed E-state index contributed by atoms with van der Waals surface area (Å²) in [5.74, 6) is -3.69. The van der Waals surface area contributed by atoms with E-state index in [0.29, 0.717) is 122 Å². The Labute approximate surface area is 706 Å². The van der Waals surface area contributed by atoms with Crippen molar-refractivity contribution in [2.75, 3.05) is 7.11 Å². The molecule has 0 fully saturated rings. The lowest BCUT2D eigenvalue weighted by molar-refractivity contribution is 0.0601. The van der Waals surface area contributed by atoms with Gasteiger partial charge in [0.15, 0.2) is 0 Å². The van der Waals surface area contributed by atoms with Crippen LogP contribution in [-0.2, 0) is 15.8 Å². The van der Waals surface area contributed by atoms with Crippen molar-refractivity contribution in [3.8, 4) is 33.4 Å². The fourth-order valence-electron chi connectivity index (χ4n) is 18.1. The third-order valence-electron chi connectivity index (χ3n) is 23.3. The zero-order valence-corrected chi connectivity index (χ0v) is 66.5. The van der Waals surface area contributed by atoms with E-state index in [9.17, 15) is 36.2 Å². The Morgan fingerprint density at radius 2 is 0.629 bits per heavy atom. The van der Waals surface area contributed by atoms with Gasteiger partial charge in [0.1, 0.15) is 119 Å². The van der Waals surface area contributed by atoms with E-state index >= 15 is 8.78 Å². The maximum Gasteiger partial charge on any atom is 0.338 e. The second-order valence-electron chi connectivity index (χ2n) is 30.3. The van der Waals surface area contributed by atoms with Gasteiger partial charge in [0.2, 0.25) is 0 Å². The number of hydrogen-bond donors (Lipinski definition) is 1. The molecular formula is C106H59BrF8O9. The van der Waals surface area contributed by atoms with Gasteiger partial charge in [-0.1, -0.05) is 198 Å². The molecular weight excluding hydrogens is 1650 g/mol. The Morgan fingerprint density at radius 3 is 1.05 bits per heavy atom. The number of ether oxygens (including phenoxy) is 1. The number of rotatable bonds is 8. The molecule has 0 radical (unpaired) electrons. The minimum Gasteiger partial charge on any atom is -0.465 e. The minimum atomic E-state index is -2.02. The number of fused-ring (bicyclic) bond motifs is 23. The maximum atomic E-state index is 15.0. The first-order valence-corrected chi connectivity index (χ1v) is 40.2. The standard InChI is InChI=1S/C37H21F3O3.C37H19F3O2.C26H15FO4.C6H4BrF/c38-23-8-3-6-21(18-23)37(41,22-7-4-9-24(39)19-22)31-16-15-28-26-10-1-2-13-32(26)43-36(28)34(31)29-12-5-11-27-30-20-25(40)14-17-33(30)42-35(27)29;38-22-7-3-5-20(17-22)37(21-6-4-8-23(39)18-21)29-14-12-26-25-9-1-2-10-31(25)41-35(26)33(29)34-30(37)15-13-27-28-19-24(40)11-16-32(28)42-36(27)34;1-29-26(28)19-11-10-17-15-5-2-3-8-21(15)31-25(17)23(19)18-7-4-6-16-20-13-14(27)9-12-22(20)30-24(16)18;7-5-2-1-3-6(8)4-5/h1-20,41H;1-19H;2-13H,1H3;1-4H. The number of hydrogen-bond acceptors (Lipinski definition) is 9. The molecule has 6 aromatic heterocycles. The highest BCUT2D eigenvalue weighted by molar-refractivity contribution is 9.10. The van der Waals surface area contributed by atoms with Crippen LogP contribution in [0.1, 0.15) is 49.3 Å². The topological polar surface area (TPSA) is 125 Å². The van der Waals surface area contributed by atoms with E-state index in [0.717, 1.165) is 81.0 Å². The molecule has 0 amide bonds. The summed E-state index contributed by atoms with van der Waals surface area (Å²) >= 11 is 3.12. The number of carbonyl (C=O) groups is 1. The Balaban J connectivity index is 0.000000110. The first kappa shape index (κ1) is 76.3. The summed E-state index contributed by atoms with van der Waals surface area (Å²) in [6, 6.07) is 93.0. The largest absolute Gasteiger partial charge is 0.465 e. The van der Waals surface area contributed by atoms with Crippen molar-refractivity contribution in [2.45, 2.75) is 11.0 Å². The van der Waals surface area contributed by atoms with E-state index in [1.54, 1.807) is 66.7 Å². The molecule has 24 rings (SSSR count). The zero-order chi connectivity index (χ0) is 84.6. The second-order valence-corrected chi connectivity index (χ2v) is 31.2. The lowest BCUT2D eigenvalue weighted by atomic mass is 9.67. The van der Waals surface area contributed by atoms with Crippen molar-refractivity contribution in [3.05, 3.63) is 429 Å². The molecule has 6 heterocycles. The van der Waals surface area contributed by atoms with E-state index in [-0.39, 0.29) is 28.6 Å². The van der Waals surface area contributed by atoms with Crippen LogP contribution in [0, 0.1) is 46.5 Å². The smallest absolute Gasteiger partial charge is 0.338 e. The van der Waals surface area contributed by atoms with Crippen molar-refractivity contribution >= 4 is 154 Å².